The molecule has 0 radical (unpaired) electrons. The number of β-amino-alcohol motifs (C(OH)–C–C–N with tert-alkyl or cyclic N) is 1. The van der Waals surface area contributed by atoms with Crippen molar-refractivity contribution in [3.8, 4) is 0 Å². The van der Waals surface area contributed by atoms with E-state index in [0.717, 1.165) is 37.2 Å². The molecule has 88 valence electrons. The Morgan fingerprint density at radius 3 is 2.40 bits per heavy atom. The summed E-state index contributed by atoms with van der Waals surface area (Å²) in [5.74, 6) is 0. The summed E-state index contributed by atoms with van der Waals surface area (Å²) < 4.78 is 23.6. The van der Waals surface area contributed by atoms with Crippen molar-refractivity contribution in [3.63, 3.8) is 0 Å². The van der Waals surface area contributed by atoms with Crippen LogP contribution in [0, 0.1) is 0 Å². The van der Waals surface area contributed by atoms with Gasteiger partial charge in [-0.25, -0.2) is 8.42 Å². The lowest BCUT2D eigenvalue weighted by molar-refractivity contribution is -0.811. The van der Waals surface area contributed by atoms with Crippen LogP contribution in [0.25, 0.3) is 0 Å². The van der Waals surface area contributed by atoms with Gasteiger partial charge in [-0.1, -0.05) is 0 Å². The summed E-state index contributed by atoms with van der Waals surface area (Å²) in [7, 11) is -2.86. The molecule has 0 aromatic carbocycles. The molecule has 0 aliphatic carbocycles. The lowest BCUT2D eigenvalue weighted by Gasteiger charge is -2.32. The van der Waals surface area contributed by atoms with Crippen LogP contribution in [0.15, 0.2) is 0 Å². The first-order chi connectivity index (χ1) is 6.98. The van der Waals surface area contributed by atoms with E-state index in [0.29, 0.717) is 6.54 Å². The van der Waals surface area contributed by atoms with Crippen molar-refractivity contribution in [2.45, 2.75) is 5.37 Å². The molecule has 2 saturated heterocycles. The Bertz CT molecular complexity index is 333. The number of hydrogen-bond acceptors (Lipinski definition) is 4. The minimum atomic E-state index is -2.86. The van der Waals surface area contributed by atoms with E-state index in [-0.39, 0.29) is 12.0 Å². The molecule has 1 N–H and O–H groups in total. The maximum Gasteiger partial charge on any atom is 0.239 e. The molecule has 2 heterocycles. The number of piperazine rings is 1. The molecule has 0 bridgehead atoms. The van der Waals surface area contributed by atoms with Crippen molar-refractivity contribution in [2.75, 3.05) is 52.1 Å². The third kappa shape index (κ3) is 2.18. The van der Waals surface area contributed by atoms with Gasteiger partial charge in [-0.2, -0.15) is 0 Å². The SMILES string of the molecule is CS(=O)(=O)C1C[N+]12CCN(CCO)CC2. The zero-order valence-electron chi connectivity index (χ0n) is 9.09. The van der Waals surface area contributed by atoms with E-state index in [9.17, 15) is 8.42 Å². The van der Waals surface area contributed by atoms with E-state index in [2.05, 4.69) is 4.90 Å². The summed E-state index contributed by atoms with van der Waals surface area (Å²) in [5, 5.41) is 8.66. The summed E-state index contributed by atoms with van der Waals surface area (Å²) in [6, 6.07) is 0. The molecule has 1 unspecified atom stereocenters. The van der Waals surface area contributed by atoms with E-state index >= 15 is 0 Å². The van der Waals surface area contributed by atoms with Crippen LogP contribution < -0.4 is 0 Å². The molecular weight excluding hydrogens is 216 g/mol. The summed E-state index contributed by atoms with van der Waals surface area (Å²) in [5.41, 5.74) is 0. The van der Waals surface area contributed by atoms with E-state index in [1.54, 1.807) is 0 Å². The van der Waals surface area contributed by atoms with Gasteiger partial charge in [0, 0.05) is 25.9 Å². The lowest BCUT2D eigenvalue weighted by Crippen LogP contribution is -2.50. The van der Waals surface area contributed by atoms with Gasteiger partial charge in [-0.05, 0) is 0 Å². The third-order valence-corrected chi connectivity index (χ3v) is 5.22. The van der Waals surface area contributed by atoms with Gasteiger partial charge < -0.3 is 5.11 Å². The monoisotopic (exact) mass is 235 g/mol. The molecule has 15 heavy (non-hydrogen) atoms. The molecule has 1 atom stereocenters. The second-order valence-corrected chi connectivity index (χ2v) is 6.90. The van der Waals surface area contributed by atoms with Crippen LogP contribution in [0.5, 0.6) is 0 Å². The van der Waals surface area contributed by atoms with Gasteiger partial charge in [0.05, 0.1) is 19.7 Å². The molecule has 2 fully saturated rings. The molecular formula is C9H19N2O3S+. The lowest BCUT2D eigenvalue weighted by atomic mass is 10.3. The molecule has 0 aromatic heterocycles. The van der Waals surface area contributed by atoms with Gasteiger partial charge in [-0.15, -0.1) is 0 Å². The molecule has 5 nitrogen and oxygen atoms in total. The molecule has 2 aliphatic rings. The Hall–Kier alpha value is -0.170. The van der Waals surface area contributed by atoms with E-state index in [1.807, 2.05) is 0 Å². The first-order valence-corrected chi connectivity index (χ1v) is 7.31. The quantitative estimate of drug-likeness (QED) is 0.477. The highest BCUT2D eigenvalue weighted by molar-refractivity contribution is 7.91. The fourth-order valence-corrected chi connectivity index (χ4v) is 4.14. The van der Waals surface area contributed by atoms with Gasteiger partial charge in [0.25, 0.3) is 0 Å². The maximum absolute atomic E-state index is 11.4. The Labute approximate surface area is 90.8 Å². The highest BCUT2D eigenvalue weighted by Gasteiger charge is 2.61. The van der Waals surface area contributed by atoms with Crippen LogP contribution in [0.1, 0.15) is 0 Å². The number of sulfone groups is 1. The van der Waals surface area contributed by atoms with Crippen molar-refractivity contribution in [1.29, 1.82) is 0 Å². The summed E-state index contributed by atoms with van der Waals surface area (Å²) >= 11 is 0. The number of aliphatic hydroxyl groups excluding tert-OH is 1. The average molecular weight is 235 g/mol. The minimum Gasteiger partial charge on any atom is -0.395 e. The molecule has 2 aliphatic heterocycles. The number of nitrogens with zero attached hydrogens (tertiary/aromatic N) is 2. The second-order valence-electron chi connectivity index (χ2n) is 4.70. The van der Waals surface area contributed by atoms with Crippen LogP contribution in [0.2, 0.25) is 0 Å². The molecule has 1 spiro atoms. The fourth-order valence-electron chi connectivity index (χ4n) is 2.55. The third-order valence-electron chi connectivity index (χ3n) is 3.63. The Kier molecular flexibility index (Phi) is 2.79. The van der Waals surface area contributed by atoms with Crippen molar-refractivity contribution >= 4 is 9.84 Å². The van der Waals surface area contributed by atoms with Gasteiger partial charge >= 0.3 is 0 Å². The molecule has 0 amide bonds. The highest BCUT2D eigenvalue weighted by atomic mass is 32.2. The first-order valence-electron chi connectivity index (χ1n) is 5.36. The summed E-state index contributed by atoms with van der Waals surface area (Å²) in [4.78, 5) is 2.20. The number of rotatable bonds is 3. The van der Waals surface area contributed by atoms with Crippen LogP contribution >= 0.6 is 0 Å². The zero-order chi connectivity index (χ0) is 11.1. The van der Waals surface area contributed by atoms with Crippen LogP contribution in [0.4, 0.5) is 0 Å². The standard InChI is InChI=1S/C9H19N2O3S/c1-15(13,14)9-8-11(9)5-2-10(3-6-11)4-7-12/h9,12H,2-8H2,1H3/q+1. The van der Waals surface area contributed by atoms with E-state index < -0.39 is 9.84 Å². The van der Waals surface area contributed by atoms with Gasteiger partial charge in [0.15, 0.2) is 0 Å². The molecule has 2 rings (SSSR count). The smallest absolute Gasteiger partial charge is 0.239 e. The highest BCUT2D eigenvalue weighted by Crippen LogP contribution is 2.35. The van der Waals surface area contributed by atoms with Gasteiger partial charge in [0.2, 0.25) is 15.2 Å². The molecule has 6 heteroatoms. The van der Waals surface area contributed by atoms with Gasteiger partial charge in [-0.3, -0.25) is 9.38 Å². The van der Waals surface area contributed by atoms with Crippen molar-refractivity contribution in [3.05, 3.63) is 0 Å². The maximum atomic E-state index is 11.4. The van der Waals surface area contributed by atoms with Crippen molar-refractivity contribution in [2.24, 2.45) is 0 Å². The first kappa shape index (κ1) is 11.3. The van der Waals surface area contributed by atoms with Crippen molar-refractivity contribution in [1.82, 2.24) is 4.90 Å². The predicted octanol–water partition coefficient (Wildman–Crippen LogP) is -1.50. The average Bonchev–Trinajstić information content (AvgIpc) is 2.85. The summed E-state index contributed by atoms with van der Waals surface area (Å²) in [6.45, 7) is 5.35. The van der Waals surface area contributed by atoms with Gasteiger partial charge in [0.1, 0.15) is 6.54 Å². The Balaban J connectivity index is 1.90. The van der Waals surface area contributed by atoms with Crippen LogP contribution in [-0.2, 0) is 9.84 Å². The second kappa shape index (κ2) is 3.69. The van der Waals surface area contributed by atoms with Crippen molar-refractivity contribution < 1.29 is 18.0 Å². The zero-order valence-corrected chi connectivity index (χ0v) is 9.91. The normalized spacial score (nSPS) is 30.7. The molecule has 0 aromatic rings. The number of quaternary nitrogens is 1. The Morgan fingerprint density at radius 2 is 2.00 bits per heavy atom. The van der Waals surface area contributed by atoms with E-state index in [1.165, 1.54) is 6.26 Å². The number of aliphatic hydroxyl groups is 1. The minimum absolute atomic E-state index is 0.145. The number of hydrogen-bond donors (Lipinski definition) is 1. The van der Waals surface area contributed by atoms with Crippen LogP contribution in [-0.4, -0.2) is 80.4 Å². The fraction of sp³-hybridized carbons (Fsp3) is 1.00. The topological polar surface area (TPSA) is 57.6 Å². The summed E-state index contributed by atoms with van der Waals surface area (Å²) in [6.07, 6.45) is 1.34. The predicted molar refractivity (Wildman–Crippen MR) is 57.0 cm³/mol. The largest absolute Gasteiger partial charge is 0.395 e. The van der Waals surface area contributed by atoms with Crippen LogP contribution in [0.3, 0.4) is 0 Å². The molecule has 0 saturated carbocycles. The Morgan fingerprint density at radius 1 is 1.40 bits per heavy atom. The van der Waals surface area contributed by atoms with E-state index in [4.69, 9.17) is 5.11 Å².